The van der Waals surface area contributed by atoms with Crippen molar-refractivity contribution in [2.24, 2.45) is 5.73 Å². The molecule has 0 aromatic carbocycles. The summed E-state index contributed by atoms with van der Waals surface area (Å²) in [5.41, 5.74) is 6.36. The zero-order chi connectivity index (χ0) is 14.3. The van der Waals surface area contributed by atoms with Crippen LogP contribution in [0.4, 0.5) is 0 Å². The highest BCUT2D eigenvalue weighted by Gasteiger charge is 2.31. The highest BCUT2D eigenvalue weighted by Crippen LogP contribution is 2.25. The van der Waals surface area contributed by atoms with Crippen LogP contribution in [0.1, 0.15) is 85.0 Å². The summed E-state index contributed by atoms with van der Waals surface area (Å²) in [6.45, 7) is 6.23. The van der Waals surface area contributed by atoms with Gasteiger partial charge in [0.05, 0.1) is 5.25 Å². The summed E-state index contributed by atoms with van der Waals surface area (Å²) in [4.78, 5) is 0. The third-order valence-corrected chi connectivity index (χ3v) is 6.47. The molecule has 19 heavy (non-hydrogen) atoms. The smallest absolute Gasteiger partial charge is 0.0504 e. The van der Waals surface area contributed by atoms with Crippen LogP contribution in [-0.2, 0) is 10.8 Å². The van der Waals surface area contributed by atoms with Gasteiger partial charge in [-0.3, -0.25) is 4.21 Å². The summed E-state index contributed by atoms with van der Waals surface area (Å²) in [6, 6.07) is 0.125. The summed E-state index contributed by atoms with van der Waals surface area (Å²) in [5, 5.41) is 0.194. The van der Waals surface area contributed by atoms with Crippen LogP contribution in [0.15, 0.2) is 0 Å². The Hall–Kier alpha value is 0.110. The van der Waals surface area contributed by atoms with E-state index in [1.807, 2.05) is 0 Å². The first-order valence-electron chi connectivity index (χ1n) is 8.09. The van der Waals surface area contributed by atoms with Crippen LogP contribution in [0, 0.1) is 0 Å². The summed E-state index contributed by atoms with van der Waals surface area (Å²) < 4.78 is 12.5. The lowest BCUT2D eigenvalue weighted by Gasteiger charge is -2.30. The van der Waals surface area contributed by atoms with Gasteiger partial charge in [0.2, 0.25) is 0 Å². The quantitative estimate of drug-likeness (QED) is 0.787. The summed E-state index contributed by atoms with van der Waals surface area (Å²) in [6.07, 6.45) is 12.5. The van der Waals surface area contributed by atoms with Gasteiger partial charge in [-0.2, -0.15) is 0 Å². The van der Waals surface area contributed by atoms with Gasteiger partial charge in [0.25, 0.3) is 0 Å². The van der Waals surface area contributed by atoms with Crippen LogP contribution in [-0.4, -0.2) is 20.2 Å². The molecule has 0 saturated heterocycles. The van der Waals surface area contributed by atoms with Gasteiger partial charge in [-0.15, -0.1) is 0 Å². The second-order valence-corrected chi connectivity index (χ2v) is 9.44. The van der Waals surface area contributed by atoms with E-state index in [0.717, 1.165) is 12.8 Å². The lowest BCUT2D eigenvalue weighted by Crippen LogP contribution is -2.43. The topological polar surface area (TPSA) is 43.1 Å². The fourth-order valence-corrected chi connectivity index (χ4v) is 4.65. The molecule has 3 heteroatoms. The van der Waals surface area contributed by atoms with Crippen molar-refractivity contribution < 1.29 is 4.21 Å². The third kappa shape index (κ3) is 6.40. The first kappa shape index (κ1) is 17.2. The van der Waals surface area contributed by atoms with Crippen LogP contribution >= 0.6 is 0 Å². The van der Waals surface area contributed by atoms with Gasteiger partial charge in [0.1, 0.15) is 0 Å². The van der Waals surface area contributed by atoms with Crippen LogP contribution in [0.2, 0.25) is 0 Å². The highest BCUT2D eigenvalue weighted by molar-refractivity contribution is 7.87. The van der Waals surface area contributed by atoms with Gasteiger partial charge in [-0.1, -0.05) is 51.4 Å². The molecule has 0 aromatic heterocycles. The molecule has 1 fully saturated rings. The van der Waals surface area contributed by atoms with Crippen molar-refractivity contribution in [1.82, 2.24) is 0 Å². The minimum Gasteiger partial charge on any atom is -0.327 e. The standard InChI is InChI=1S/C16H33NOS/c1-16(2,3)19(18)15-13-11-9-7-5-4-6-8-10-12-14(15)17/h14-15H,4-13,17H2,1-3H3. The van der Waals surface area contributed by atoms with E-state index in [1.54, 1.807) is 0 Å². The average molecular weight is 288 g/mol. The molecule has 0 heterocycles. The van der Waals surface area contributed by atoms with Crippen LogP contribution in [0.3, 0.4) is 0 Å². The molecule has 1 saturated carbocycles. The lowest BCUT2D eigenvalue weighted by atomic mass is 9.98. The Bertz CT molecular complexity index is 272. The van der Waals surface area contributed by atoms with Crippen LogP contribution < -0.4 is 5.73 Å². The molecule has 0 radical (unpaired) electrons. The maximum atomic E-state index is 12.7. The van der Waals surface area contributed by atoms with Crippen LogP contribution in [0.5, 0.6) is 0 Å². The van der Waals surface area contributed by atoms with E-state index < -0.39 is 10.8 Å². The fraction of sp³-hybridized carbons (Fsp3) is 1.00. The maximum absolute atomic E-state index is 12.7. The molecule has 0 amide bonds. The second-order valence-electron chi connectivity index (χ2n) is 7.02. The minimum atomic E-state index is -0.821. The van der Waals surface area contributed by atoms with E-state index in [1.165, 1.54) is 51.4 Å². The van der Waals surface area contributed by atoms with Gasteiger partial charge in [0.15, 0.2) is 0 Å². The van der Waals surface area contributed by atoms with Crippen molar-refractivity contribution in [2.75, 3.05) is 0 Å². The maximum Gasteiger partial charge on any atom is 0.0504 e. The van der Waals surface area contributed by atoms with Gasteiger partial charge in [0, 0.05) is 21.6 Å². The predicted molar refractivity (Wildman–Crippen MR) is 85.8 cm³/mol. The van der Waals surface area contributed by atoms with Gasteiger partial charge in [-0.05, 0) is 33.6 Å². The Morgan fingerprint density at radius 2 is 1.26 bits per heavy atom. The molecule has 1 aliphatic carbocycles. The summed E-state index contributed by atoms with van der Waals surface area (Å²) in [5.74, 6) is 0. The molecule has 0 aliphatic heterocycles. The average Bonchev–Trinajstić information content (AvgIpc) is 2.32. The van der Waals surface area contributed by atoms with E-state index in [9.17, 15) is 4.21 Å². The molecular formula is C16H33NOS. The number of nitrogens with two attached hydrogens (primary N) is 1. The summed E-state index contributed by atoms with van der Waals surface area (Å²) >= 11 is 0. The Balaban J connectivity index is 2.63. The largest absolute Gasteiger partial charge is 0.327 e. The van der Waals surface area contributed by atoms with Crippen LogP contribution in [0.25, 0.3) is 0 Å². The van der Waals surface area contributed by atoms with Crippen molar-refractivity contribution >= 4 is 10.8 Å². The summed E-state index contributed by atoms with van der Waals surface area (Å²) in [7, 11) is -0.821. The monoisotopic (exact) mass is 287 g/mol. The molecule has 0 bridgehead atoms. The first-order chi connectivity index (χ1) is 8.93. The SMILES string of the molecule is CC(C)(C)S(=O)C1CCCCCCCCCCC1N. The normalized spacial score (nSPS) is 30.1. The number of hydrogen-bond donors (Lipinski definition) is 1. The zero-order valence-electron chi connectivity index (χ0n) is 13.1. The van der Waals surface area contributed by atoms with E-state index in [4.69, 9.17) is 5.73 Å². The zero-order valence-corrected chi connectivity index (χ0v) is 13.9. The van der Waals surface area contributed by atoms with Gasteiger partial charge >= 0.3 is 0 Å². The Morgan fingerprint density at radius 3 is 1.74 bits per heavy atom. The molecule has 1 aliphatic rings. The molecule has 0 aromatic rings. The van der Waals surface area contributed by atoms with Gasteiger partial charge in [-0.25, -0.2) is 0 Å². The third-order valence-electron chi connectivity index (χ3n) is 4.13. The van der Waals surface area contributed by atoms with Crippen molar-refractivity contribution in [3.05, 3.63) is 0 Å². The molecule has 2 nitrogen and oxygen atoms in total. The molecular weight excluding hydrogens is 254 g/mol. The Morgan fingerprint density at radius 1 is 0.842 bits per heavy atom. The molecule has 3 atom stereocenters. The van der Waals surface area contributed by atoms with E-state index >= 15 is 0 Å². The van der Waals surface area contributed by atoms with E-state index in [0.29, 0.717) is 0 Å². The predicted octanol–water partition coefficient (Wildman–Crippen LogP) is 4.14. The van der Waals surface area contributed by atoms with Crippen molar-refractivity contribution in [2.45, 2.75) is 101 Å². The van der Waals surface area contributed by atoms with Crippen molar-refractivity contribution in [3.63, 3.8) is 0 Å². The van der Waals surface area contributed by atoms with Crippen molar-refractivity contribution in [1.29, 1.82) is 0 Å². The number of hydrogen-bond acceptors (Lipinski definition) is 2. The highest BCUT2D eigenvalue weighted by atomic mass is 32.2. The first-order valence-corrected chi connectivity index (χ1v) is 9.30. The molecule has 3 unspecified atom stereocenters. The molecule has 2 N–H and O–H groups in total. The molecule has 114 valence electrons. The molecule has 1 rings (SSSR count). The fourth-order valence-electron chi connectivity index (χ4n) is 2.91. The minimum absolute atomic E-state index is 0.125. The lowest BCUT2D eigenvalue weighted by molar-refractivity contribution is 0.463. The van der Waals surface area contributed by atoms with E-state index in [-0.39, 0.29) is 16.0 Å². The second kappa shape index (κ2) is 8.41. The Labute approximate surface area is 122 Å². The molecule has 0 spiro atoms. The van der Waals surface area contributed by atoms with E-state index in [2.05, 4.69) is 20.8 Å². The Kier molecular flexibility index (Phi) is 7.60. The van der Waals surface area contributed by atoms with Gasteiger partial charge < -0.3 is 5.73 Å². The van der Waals surface area contributed by atoms with Crippen molar-refractivity contribution in [3.8, 4) is 0 Å². The number of rotatable bonds is 1.